The van der Waals surface area contributed by atoms with Crippen LogP contribution in [0.25, 0.3) is 0 Å². The second-order valence-corrected chi connectivity index (χ2v) is 7.87. The van der Waals surface area contributed by atoms with Gasteiger partial charge in [-0.25, -0.2) is 4.98 Å². The third-order valence-corrected chi connectivity index (χ3v) is 5.19. The van der Waals surface area contributed by atoms with E-state index in [2.05, 4.69) is 52.0 Å². The number of halogens is 4. The van der Waals surface area contributed by atoms with E-state index in [1.165, 1.54) is 0 Å². The first-order chi connectivity index (χ1) is 13.8. The van der Waals surface area contributed by atoms with E-state index in [-0.39, 0.29) is 55.8 Å². The van der Waals surface area contributed by atoms with Gasteiger partial charge in [-0.2, -0.15) is 0 Å². The van der Waals surface area contributed by atoms with Crippen molar-refractivity contribution < 1.29 is 55.8 Å². The Kier molecular flexibility index (Phi) is 15.2. The maximum atomic E-state index is 6.42. The van der Waals surface area contributed by atoms with Gasteiger partial charge in [0.05, 0.1) is 34.2 Å². The fourth-order valence-corrected chi connectivity index (χ4v) is 3.49. The van der Waals surface area contributed by atoms with E-state index in [4.69, 9.17) is 26.6 Å². The van der Waals surface area contributed by atoms with Gasteiger partial charge in [-0.3, -0.25) is 9.98 Å². The average molecular weight is 561 g/mol. The van der Waals surface area contributed by atoms with Crippen molar-refractivity contribution in [2.75, 3.05) is 0 Å². The molecule has 1 radical (unpaired) electrons. The van der Waals surface area contributed by atoms with Crippen molar-refractivity contribution >= 4 is 34.4 Å². The molecule has 1 heterocycles. The van der Waals surface area contributed by atoms with Crippen LogP contribution in [-0.4, -0.2) is 16.4 Å². The molecule has 3 aromatic rings. The maximum Gasteiger partial charge on any atom is 0.0864 e. The minimum Gasteiger partial charge on any atom is -1.00 e. The Balaban J connectivity index is 0. The van der Waals surface area contributed by atoms with Crippen molar-refractivity contribution in [2.24, 2.45) is 9.98 Å². The smallest absolute Gasteiger partial charge is 0.0864 e. The molecule has 33 heavy (non-hydrogen) atoms. The van der Waals surface area contributed by atoms with E-state index in [1.807, 2.05) is 38.1 Å². The van der Waals surface area contributed by atoms with Gasteiger partial charge in [-0.1, -0.05) is 48.0 Å². The van der Waals surface area contributed by atoms with Crippen LogP contribution in [0.5, 0.6) is 0 Å². The van der Waals surface area contributed by atoms with Crippen molar-refractivity contribution in [2.45, 2.75) is 41.5 Å². The van der Waals surface area contributed by atoms with Gasteiger partial charge >= 0.3 is 0 Å². The van der Waals surface area contributed by atoms with Crippen LogP contribution in [0.2, 0.25) is 5.02 Å². The molecule has 0 saturated carbocycles. The Hall–Kier alpha value is -1.33. The first kappa shape index (κ1) is 33.8. The molecule has 8 heteroatoms. The molecule has 177 valence electrons. The number of para-hydroxylation sites is 2. The number of pyridine rings is 1. The zero-order valence-corrected chi connectivity index (χ0v) is 23.8. The number of hydrogen-bond donors (Lipinski definition) is 0. The Morgan fingerprint density at radius 2 is 0.970 bits per heavy atom. The van der Waals surface area contributed by atoms with Gasteiger partial charge in [0.25, 0.3) is 0 Å². The summed E-state index contributed by atoms with van der Waals surface area (Å²) in [6.07, 6.45) is 0. The van der Waals surface area contributed by atoms with Crippen LogP contribution < -0.4 is 37.2 Å². The molecule has 0 unspecified atom stereocenters. The van der Waals surface area contributed by atoms with E-state index in [9.17, 15) is 0 Å². The summed E-state index contributed by atoms with van der Waals surface area (Å²) >= 11 is 6.42. The Morgan fingerprint density at radius 1 is 0.667 bits per heavy atom. The number of rotatable bonds is 4. The number of nitrogens with zero attached hydrogens (tertiary/aromatic N) is 3. The second kappa shape index (κ2) is 14.8. The second-order valence-electron chi connectivity index (χ2n) is 7.43. The van der Waals surface area contributed by atoms with Gasteiger partial charge in [-0.15, -0.1) is 0 Å². The predicted molar refractivity (Wildman–Crippen MR) is 125 cm³/mol. The quantitative estimate of drug-likeness (QED) is 0.349. The number of hydrogen-bond acceptors (Lipinski definition) is 3. The summed E-state index contributed by atoms with van der Waals surface area (Å²) in [4.78, 5) is 14.5. The van der Waals surface area contributed by atoms with E-state index < -0.39 is 0 Å². The molecule has 3 rings (SSSR count). The summed E-state index contributed by atoms with van der Waals surface area (Å²) in [5, 5.41) is 0.622. The van der Waals surface area contributed by atoms with Crippen LogP contribution >= 0.6 is 11.6 Å². The third-order valence-electron chi connectivity index (χ3n) is 4.97. The first-order valence-electron chi connectivity index (χ1n) is 9.67. The summed E-state index contributed by atoms with van der Waals surface area (Å²) in [6.45, 7) is 12.2. The van der Waals surface area contributed by atoms with Crippen molar-refractivity contribution in [3.63, 3.8) is 0 Å². The fourth-order valence-electron chi connectivity index (χ4n) is 3.28. The van der Waals surface area contributed by atoms with Crippen LogP contribution in [0.3, 0.4) is 0 Å². The van der Waals surface area contributed by atoms with Crippen molar-refractivity contribution in [1.82, 2.24) is 4.98 Å². The number of benzene rings is 2. The maximum absolute atomic E-state index is 6.42. The summed E-state index contributed by atoms with van der Waals surface area (Å²) < 4.78 is 0. The third kappa shape index (κ3) is 8.44. The van der Waals surface area contributed by atoms with Crippen molar-refractivity contribution in [1.29, 1.82) is 0 Å². The van der Waals surface area contributed by atoms with Gasteiger partial charge < -0.3 is 37.2 Å². The molecule has 0 saturated heterocycles. The molecular formula is C25H26Cl4N3V-3. The first-order valence-corrected chi connectivity index (χ1v) is 10.1. The van der Waals surface area contributed by atoms with Gasteiger partial charge in [0.2, 0.25) is 0 Å². The SMILES string of the molecule is CC(=Nc1c(C)cccc1C)c1cc(Cl)cc(C(C)=Nc2c(C)cccc2C)n1.[Cl-].[Cl-].[Cl-].[V]. The minimum atomic E-state index is 0. The molecule has 0 fully saturated rings. The molecule has 1 aromatic heterocycles. The van der Waals surface area contributed by atoms with E-state index in [0.29, 0.717) is 5.02 Å². The molecule has 0 amide bonds. The van der Waals surface area contributed by atoms with Crippen LogP contribution in [0.4, 0.5) is 11.4 Å². The molecule has 0 N–H and O–H groups in total. The summed E-state index contributed by atoms with van der Waals surface area (Å²) in [5.74, 6) is 0. The molecule has 0 bridgehead atoms. The van der Waals surface area contributed by atoms with Gasteiger partial charge in [0.15, 0.2) is 0 Å². The molecule has 0 aliphatic carbocycles. The Bertz CT molecular complexity index is 1020. The predicted octanol–water partition coefficient (Wildman–Crippen LogP) is -1.74. The Labute approximate surface area is 232 Å². The number of aromatic nitrogens is 1. The number of aryl methyl sites for hydroxylation is 4. The molecule has 3 nitrogen and oxygen atoms in total. The zero-order chi connectivity index (χ0) is 21.1. The topological polar surface area (TPSA) is 37.6 Å². The van der Waals surface area contributed by atoms with Crippen LogP contribution in [-0.2, 0) is 18.6 Å². The average Bonchev–Trinajstić information content (AvgIpc) is 2.67. The molecule has 0 spiro atoms. The monoisotopic (exact) mass is 559 g/mol. The van der Waals surface area contributed by atoms with Crippen LogP contribution in [0.1, 0.15) is 47.5 Å². The molecule has 0 aliphatic heterocycles. The van der Waals surface area contributed by atoms with Crippen molar-refractivity contribution in [3.8, 4) is 0 Å². The standard InChI is InChI=1S/C25H26ClN3.3ClH.V/c1-15-9-7-10-16(2)24(15)27-19(5)22-13-21(26)14-23(29-22)20(6)28-25-17(3)11-8-12-18(25)4;;;;/h7-14H,1-6H3;3*1H;/p-3. The fraction of sp³-hybridized carbons (Fsp3) is 0.240. The molecule has 0 atom stereocenters. The molecular weight excluding hydrogens is 535 g/mol. The zero-order valence-electron chi connectivity index (χ0n) is 19.4. The summed E-state index contributed by atoms with van der Waals surface area (Å²) in [5.41, 5.74) is 9.68. The number of aliphatic imine (C=N–C) groups is 2. The normalized spacial score (nSPS) is 10.9. The van der Waals surface area contributed by atoms with Gasteiger partial charge in [-0.05, 0) is 75.9 Å². The summed E-state index contributed by atoms with van der Waals surface area (Å²) in [6, 6.07) is 16.1. The largest absolute Gasteiger partial charge is 1.00 e. The van der Waals surface area contributed by atoms with Crippen LogP contribution in [0.15, 0.2) is 58.5 Å². The molecule has 0 aliphatic rings. The van der Waals surface area contributed by atoms with E-state index in [1.54, 1.807) is 0 Å². The Morgan fingerprint density at radius 3 is 1.27 bits per heavy atom. The minimum absolute atomic E-state index is 0. The van der Waals surface area contributed by atoms with E-state index >= 15 is 0 Å². The van der Waals surface area contributed by atoms with Crippen LogP contribution in [0, 0.1) is 27.7 Å². The van der Waals surface area contributed by atoms with Gasteiger partial charge in [0, 0.05) is 23.6 Å². The van der Waals surface area contributed by atoms with Crippen molar-refractivity contribution in [3.05, 3.63) is 87.2 Å². The van der Waals surface area contributed by atoms with E-state index in [0.717, 1.165) is 56.4 Å². The van der Waals surface area contributed by atoms with Gasteiger partial charge in [0.1, 0.15) is 0 Å². The summed E-state index contributed by atoms with van der Waals surface area (Å²) in [7, 11) is 0. The molecule has 2 aromatic carbocycles.